The first-order chi connectivity index (χ1) is 9.72. The highest BCUT2D eigenvalue weighted by molar-refractivity contribution is 7.98. The largest absolute Gasteiger partial charge is 0.330 e. The summed E-state index contributed by atoms with van der Waals surface area (Å²) in [5.74, 6) is 1.16. The van der Waals surface area contributed by atoms with Gasteiger partial charge >= 0.3 is 0 Å². The lowest BCUT2D eigenvalue weighted by Crippen LogP contribution is -2.19. The molecule has 0 radical (unpaired) electrons. The second kappa shape index (κ2) is 7.50. The summed E-state index contributed by atoms with van der Waals surface area (Å²) in [6.45, 7) is 2.23. The molecule has 0 amide bonds. The predicted octanol–water partition coefficient (Wildman–Crippen LogP) is 3.44. The molecule has 0 saturated heterocycles. The number of nitrogens with two attached hydrogens (primary N) is 1. The number of nitrogens with zero attached hydrogens (tertiary/aromatic N) is 2. The number of imidazole rings is 1. The Balaban J connectivity index is 2.07. The first-order valence-electron chi connectivity index (χ1n) is 7.02. The molecule has 1 unspecified atom stereocenters. The van der Waals surface area contributed by atoms with Gasteiger partial charge in [-0.15, -0.1) is 0 Å². The lowest BCUT2D eigenvalue weighted by molar-refractivity contribution is 0.494. The number of thioether (sulfide) groups is 1. The summed E-state index contributed by atoms with van der Waals surface area (Å²) in [7, 11) is 0. The van der Waals surface area contributed by atoms with Crippen LogP contribution in [-0.4, -0.2) is 21.6 Å². The van der Waals surface area contributed by atoms with Gasteiger partial charge in [0.05, 0.1) is 18.1 Å². The minimum Gasteiger partial charge on any atom is -0.330 e. The van der Waals surface area contributed by atoms with Crippen molar-refractivity contribution in [2.24, 2.45) is 5.73 Å². The molecule has 0 aliphatic carbocycles. The quantitative estimate of drug-likeness (QED) is 0.849. The molecule has 2 aromatic rings. The van der Waals surface area contributed by atoms with Gasteiger partial charge in [0.1, 0.15) is 0 Å². The highest BCUT2D eigenvalue weighted by atomic mass is 32.2. The predicted molar refractivity (Wildman–Crippen MR) is 87.0 cm³/mol. The minimum absolute atomic E-state index is 0.00312. The molecule has 2 N–H and O–H groups in total. The van der Waals surface area contributed by atoms with Crippen molar-refractivity contribution in [3.8, 4) is 0 Å². The van der Waals surface area contributed by atoms with Crippen LogP contribution in [0.4, 0.5) is 0 Å². The number of benzene rings is 1. The van der Waals surface area contributed by atoms with Crippen molar-refractivity contribution in [2.45, 2.75) is 31.8 Å². The Labute approximate surface area is 125 Å². The molecule has 0 aliphatic rings. The van der Waals surface area contributed by atoms with E-state index in [0.29, 0.717) is 6.04 Å². The van der Waals surface area contributed by atoms with E-state index >= 15 is 0 Å². The van der Waals surface area contributed by atoms with Crippen LogP contribution in [0.5, 0.6) is 0 Å². The first-order valence-corrected chi connectivity index (χ1v) is 8.42. The number of rotatable bonds is 7. The second-order valence-electron chi connectivity index (χ2n) is 5.15. The first kappa shape index (κ1) is 15.1. The van der Waals surface area contributed by atoms with E-state index in [-0.39, 0.29) is 6.04 Å². The van der Waals surface area contributed by atoms with Gasteiger partial charge in [0.25, 0.3) is 0 Å². The van der Waals surface area contributed by atoms with Crippen molar-refractivity contribution in [2.75, 3.05) is 12.0 Å². The van der Waals surface area contributed by atoms with Crippen LogP contribution in [-0.2, 0) is 6.42 Å². The molecule has 20 heavy (non-hydrogen) atoms. The molecule has 0 fully saturated rings. The van der Waals surface area contributed by atoms with Crippen LogP contribution >= 0.6 is 11.8 Å². The SMILES string of the molecule is CSCCC(C)n1cncc1[C@H](N)Cc1ccccc1. The Hall–Kier alpha value is -1.26. The van der Waals surface area contributed by atoms with Crippen molar-refractivity contribution in [3.63, 3.8) is 0 Å². The molecule has 108 valence electrons. The van der Waals surface area contributed by atoms with E-state index in [0.717, 1.165) is 24.3 Å². The van der Waals surface area contributed by atoms with E-state index in [2.05, 4.69) is 47.0 Å². The fraction of sp³-hybridized carbons (Fsp3) is 0.438. The van der Waals surface area contributed by atoms with Gasteiger partial charge in [0.2, 0.25) is 0 Å². The Bertz CT molecular complexity index is 509. The van der Waals surface area contributed by atoms with Gasteiger partial charge < -0.3 is 10.3 Å². The average molecular weight is 289 g/mol. The standard InChI is InChI=1S/C16H23N3S/c1-13(8-9-20-2)19-12-18-11-16(19)15(17)10-14-6-4-3-5-7-14/h3-7,11-13,15H,8-10,17H2,1-2H3/t13?,15-/m1/s1. The molecule has 2 atom stereocenters. The molecule has 4 heteroatoms. The summed E-state index contributed by atoms with van der Waals surface area (Å²) in [6, 6.07) is 10.8. The zero-order chi connectivity index (χ0) is 14.4. The van der Waals surface area contributed by atoms with Crippen LogP contribution in [0, 0.1) is 0 Å². The fourth-order valence-electron chi connectivity index (χ4n) is 2.37. The fourth-order valence-corrected chi connectivity index (χ4v) is 2.95. The summed E-state index contributed by atoms with van der Waals surface area (Å²) in [5, 5.41) is 0. The van der Waals surface area contributed by atoms with Crippen LogP contribution in [0.15, 0.2) is 42.9 Å². The summed E-state index contributed by atoms with van der Waals surface area (Å²) < 4.78 is 2.23. The van der Waals surface area contributed by atoms with Crippen LogP contribution in [0.2, 0.25) is 0 Å². The zero-order valence-corrected chi connectivity index (χ0v) is 13.0. The summed E-state index contributed by atoms with van der Waals surface area (Å²) in [6.07, 6.45) is 7.95. The number of hydrogen-bond donors (Lipinski definition) is 1. The molecule has 1 aromatic heterocycles. The maximum absolute atomic E-state index is 6.37. The Morgan fingerprint density at radius 1 is 1.30 bits per heavy atom. The van der Waals surface area contributed by atoms with Crippen molar-refractivity contribution < 1.29 is 0 Å². The third kappa shape index (κ3) is 3.87. The Kier molecular flexibility index (Phi) is 5.68. The molecule has 1 aromatic carbocycles. The van der Waals surface area contributed by atoms with E-state index in [1.807, 2.05) is 30.4 Å². The Morgan fingerprint density at radius 3 is 2.75 bits per heavy atom. The molecule has 0 bridgehead atoms. The molecule has 0 saturated carbocycles. The summed E-state index contributed by atoms with van der Waals surface area (Å²) in [4.78, 5) is 4.29. The molecular weight excluding hydrogens is 266 g/mol. The van der Waals surface area contributed by atoms with E-state index in [1.54, 1.807) is 0 Å². The van der Waals surface area contributed by atoms with Crippen molar-refractivity contribution in [1.29, 1.82) is 0 Å². The molecule has 0 aliphatic heterocycles. The van der Waals surface area contributed by atoms with Gasteiger partial charge in [0, 0.05) is 12.2 Å². The molecule has 3 nitrogen and oxygen atoms in total. The van der Waals surface area contributed by atoms with Crippen LogP contribution < -0.4 is 5.73 Å². The lowest BCUT2D eigenvalue weighted by Gasteiger charge is -2.20. The second-order valence-corrected chi connectivity index (χ2v) is 6.14. The van der Waals surface area contributed by atoms with Crippen LogP contribution in [0.3, 0.4) is 0 Å². The van der Waals surface area contributed by atoms with E-state index < -0.39 is 0 Å². The summed E-state index contributed by atoms with van der Waals surface area (Å²) >= 11 is 1.88. The van der Waals surface area contributed by atoms with Crippen molar-refractivity contribution >= 4 is 11.8 Å². The normalized spacial score (nSPS) is 14.2. The van der Waals surface area contributed by atoms with Gasteiger partial charge in [-0.1, -0.05) is 30.3 Å². The zero-order valence-electron chi connectivity index (χ0n) is 12.2. The average Bonchev–Trinajstić information content (AvgIpc) is 2.95. The van der Waals surface area contributed by atoms with Crippen LogP contribution in [0.25, 0.3) is 0 Å². The van der Waals surface area contributed by atoms with Gasteiger partial charge in [-0.3, -0.25) is 0 Å². The van der Waals surface area contributed by atoms with Gasteiger partial charge in [-0.05, 0) is 37.3 Å². The molecular formula is C16H23N3S. The number of hydrogen-bond acceptors (Lipinski definition) is 3. The van der Waals surface area contributed by atoms with E-state index in [4.69, 9.17) is 5.73 Å². The number of aromatic nitrogens is 2. The highest BCUT2D eigenvalue weighted by Crippen LogP contribution is 2.21. The maximum Gasteiger partial charge on any atom is 0.0951 e. The smallest absolute Gasteiger partial charge is 0.0951 e. The summed E-state index contributed by atoms with van der Waals surface area (Å²) in [5.41, 5.74) is 8.77. The maximum atomic E-state index is 6.37. The van der Waals surface area contributed by atoms with Crippen LogP contribution in [0.1, 0.15) is 36.7 Å². The van der Waals surface area contributed by atoms with Gasteiger partial charge in [0.15, 0.2) is 0 Å². The van der Waals surface area contributed by atoms with E-state index in [9.17, 15) is 0 Å². The van der Waals surface area contributed by atoms with Crippen molar-refractivity contribution in [3.05, 3.63) is 54.1 Å². The third-order valence-electron chi connectivity index (χ3n) is 3.59. The molecule has 0 spiro atoms. The third-order valence-corrected chi connectivity index (χ3v) is 4.23. The molecule has 1 heterocycles. The minimum atomic E-state index is -0.00312. The topological polar surface area (TPSA) is 43.8 Å². The monoisotopic (exact) mass is 289 g/mol. The lowest BCUT2D eigenvalue weighted by atomic mass is 10.0. The van der Waals surface area contributed by atoms with E-state index in [1.165, 1.54) is 5.56 Å². The van der Waals surface area contributed by atoms with Gasteiger partial charge in [-0.2, -0.15) is 11.8 Å². The van der Waals surface area contributed by atoms with Crippen molar-refractivity contribution in [1.82, 2.24) is 9.55 Å². The highest BCUT2D eigenvalue weighted by Gasteiger charge is 2.15. The Morgan fingerprint density at radius 2 is 2.05 bits per heavy atom. The molecule has 2 rings (SSSR count). The van der Waals surface area contributed by atoms with Gasteiger partial charge in [-0.25, -0.2) is 4.98 Å².